The van der Waals surface area contributed by atoms with Gasteiger partial charge in [0.15, 0.2) is 0 Å². The summed E-state index contributed by atoms with van der Waals surface area (Å²) in [5.74, 6) is 0.813. The molecular weight excluding hydrogens is 827 g/mol. The molecule has 1 aliphatic heterocycles. The first-order valence-electron chi connectivity index (χ1n) is 22.6. The molecule has 5 nitrogen and oxygen atoms in total. The summed E-state index contributed by atoms with van der Waals surface area (Å²) >= 11 is 1.86. The van der Waals surface area contributed by atoms with Gasteiger partial charge in [-0.15, -0.1) is 11.3 Å². The standard InChI is InChI=1S/C60H39N3O2S/c1-2-14-38(15-3-1)63-49-24-7-4-16-39(49)45-34-36(30-32-50(45)63)37-31-33-55-46(35-37)59-41(20-12-29-56(59)66-55)48-23-13-22-47(40-19-10-27-53-57(40)42-17-5-8-25-51(42)64-53)61-60(62-48)44-21-11-28-54-58(44)43-18-6-9-26-52(43)65-54/h1-12,14-22,24-35,48H,13,23H2,(H,61,62). The van der Waals surface area contributed by atoms with E-state index in [2.05, 4.69) is 186 Å². The second kappa shape index (κ2) is 14.7. The number of aliphatic imine (C=N–C) groups is 1. The molecule has 0 saturated carbocycles. The number of rotatable bonds is 5. The smallest absolute Gasteiger partial charge is 0.136 e. The number of thiophene rings is 1. The number of para-hydroxylation sites is 4. The molecule has 9 aromatic carbocycles. The molecular formula is C60H39N3O2S. The van der Waals surface area contributed by atoms with Gasteiger partial charge < -0.3 is 18.7 Å². The maximum absolute atomic E-state index is 6.46. The van der Waals surface area contributed by atoms with Crippen LogP contribution in [0, 0.1) is 0 Å². The third-order valence-corrected chi connectivity index (χ3v) is 14.7. The Labute approximate surface area is 383 Å². The Morgan fingerprint density at radius 3 is 1.89 bits per heavy atom. The Balaban J connectivity index is 0.934. The first kappa shape index (κ1) is 37.2. The average molecular weight is 866 g/mol. The maximum atomic E-state index is 6.46. The molecule has 14 rings (SSSR count). The van der Waals surface area contributed by atoms with E-state index in [1.54, 1.807) is 0 Å². The zero-order valence-corrected chi connectivity index (χ0v) is 36.5. The highest BCUT2D eigenvalue weighted by molar-refractivity contribution is 7.25. The Kier molecular flexibility index (Phi) is 8.27. The van der Waals surface area contributed by atoms with Crippen LogP contribution in [-0.2, 0) is 0 Å². The van der Waals surface area contributed by atoms with Crippen LogP contribution >= 0.6 is 11.3 Å². The van der Waals surface area contributed by atoms with Crippen LogP contribution in [0.2, 0.25) is 0 Å². The summed E-state index contributed by atoms with van der Waals surface area (Å²) in [6.07, 6.45) is 4.02. The van der Waals surface area contributed by atoms with Crippen molar-refractivity contribution < 1.29 is 8.83 Å². The largest absolute Gasteiger partial charge is 0.456 e. The number of hydrogen-bond acceptors (Lipinski definition) is 5. The summed E-state index contributed by atoms with van der Waals surface area (Å²) in [4.78, 5) is 5.83. The Hall–Kier alpha value is -8.19. The molecule has 0 amide bonds. The minimum atomic E-state index is -0.130. The zero-order chi connectivity index (χ0) is 43.3. The van der Waals surface area contributed by atoms with Gasteiger partial charge in [0.25, 0.3) is 0 Å². The van der Waals surface area contributed by atoms with Crippen LogP contribution in [0.15, 0.2) is 214 Å². The van der Waals surface area contributed by atoms with E-state index < -0.39 is 0 Å². The third kappa shape index (κ3) is 5.75. The van der Waals surface area contributed by atoms with Crippen LogP contribution < -0.4 is 5.32 Å². The molecule has 312 valence electrons. The molecule has 0 bridgehead atoms. The first-order chi connectivity index (χ1) is 32.7. The number of furan rings is 2. The number of nitrogens with zero attached hydrogens (tertiary/aromatic N) is 2. The van der Waals surface area contributed by atoms with E-state index in [0.717, 1.165) is 85.1 Å². The quantitative estimate of drug-likeness (QED) is 0.187. The minimum Gasteiger partial charge on any atom is -0.456 e. The number of allylic oxidation sites excluding steroid dienone is 1. The molecule has 0 radical (unpaired) electrons. The van der Waals surface area contributed by atoms with Crippen molar-refractivity contribution >= 4 is 109 Å². The Morgan fingerprint density at radius 1 is 0.485 bits per heavy atom. The summed E-state index contributed by atoms with van der Waals surface area (Å²) in [5, 5.41) is 13.3. The van der Waals surface area contributed by atoms with Gasteiger partial charge in [0.05, 0.1) is 17.1 Å². The lowest BCUT2D eigenvalue weighted by Gasteiger charge is -2.23. The van der Waals surface area contributed by atoms with Crippen molar-refractivity contribution in [1.82, 2.24) is 9.88 Å². The van der Waals surface area contributed by atoms with Gasteiger partial charge in [0.2, 0.25) is 0 Å². The summed E-state index contributed by atoms with van der Waals surface area (Å²) in [6.45, 7) is 0. The predicted molar refractivity (Wildman–Crippen MR) is 276 cm³/mol. The van der Waals surface area contributed by atoms with E-state index in [1.165, 1.54) is 58.7 Å². The molecule has 6 heteroatoms. The SMILES string of the molecule is C1=C(c2cccc3oc4ccccc4c23)NC(c2cccc3oc4ccccc4c23)=NC(c2cccc3sc4ccc(-c5ccc6c(c5)c5ccccc5n6-c5ccccc5)cc4c23)CC1. The van der Waals surface area contributed by atoms with Gasteiger partial charge in [-0.05, 0) is 102 Å². The number of aromatic nitrogens is 1. The van der Waals surface area contributed by atoms with E-state index in [4.69, 9.17) is 13.8 Å². The second-order valence-electron chi connectivity index (χ2n) is 17.3. The fourth-order valence-electron chi connectivity index (χ4n) is 10.6. The fourth-order valence-corrected chi connectivity index (χ4v) is 11.8. The molecule has 1 aliphatic rings. The summed E-state index contributed by atoms with van der Waals surface area (Å²) < 4.78 is 17.8. The highest BCUT2D eigenvalue weighted by atomic mass is 32.1. The first-order valence-corrected chi connectivity index (χ1v) is 23.4. The van der Waals surface area contributed by atoms with Crippen molar-refractivity contribution in [2.24, 2.45) is 4.99 Å². The van der Waals surface area contributed by atoms with Gasteiger partial charge in [-0.1, -0.05) is 127 Å². The molecule has 1 unspecified atom stereocenters. The number of benzene rings is 9. The van der Waals surface area contributed by atoms with E-state index in [0.29, 0.717) is 0 Å². The third-order valence-electron chi connectivity index (χ3n) is 13.6. The van der Waals surface area contributed by atoms with Crippen molar-refractivity contribution in [2.75, 3.05) is 0 Å². The number of amidine groups is 1. The van der Waals surface area contributed by atoms with Crippen LogP contribution in [0.25, 0.3) is 108 Å². The molecule has 5 heterocycles. The molecule has 1 atom stereocenters. The normalized spacial score (nSPS) is 14.7. The molecule has 0 fully saturated rings. The summed E-state index contributed by atoms with van der Waals surface area (Å²) in [6, 6.07) is 69.3. The monoisotopic (exact) mass is 865 g/mol. The van der Waals surface area contributed by atoms with E-state index in [1.807, 2.05) is 35.6 Å². The molecule has 1 N–H and O–H groups in total. The van der Waals surface area contributed by atoms with Crippen molar-refractivity contribution in [3.8, 4) is 16.8 Å². The maximum Gasteiger partial charge on any atom is 0.136 e. The fraction of sp³-hybridized carbons (Fsp3) is 0.0500. The lowest BCUT2D eigenvalue weighted by Crippen LogP contribution is -2.26. The Morgan fingerprint density at radius 2 is 1.11 bits per heavy atom. The molecule has 0 saturated heterocycles. The van der Waals surface area contributed by atoms with Gasteiger partial charge in [0.1, 0.15) is 28.2 Å². The predicted octanol–water partition coefficient (Wildman–Crippen LogP) is 16.5. The van der Waals surface area contributed by atoms with Gasteiger partial charge >= 0.3 is 0 Å². The Bertz CT molecular complexity index is 4160. The molecule has 0 aliphatic carbocycles. The van der Waals surface area contributed by atoms with Crippen molar-refractivity contribution in [1.29, 1.82) is 0 Å². The molecule has 66 heavy (non-hydrogen) atoms. The zero-order valence-electron chi connectivity index (χ0n) is 35.7. The van der Waals surface area contributed by atoms with Crippen LogP contribution in [0.4, 0.5) is 0 Å². The summed E-state index contributed by atoms with van der Waals surface area (Å²) in [5.41, 5.74) is 13.8. The van der Waals surface area contributed by atoms with Crippen LogP contribution in [0.5, 0.6) is 0 Å². The van der Waals surface area contributed by atoms with E-state index in [-0.39, 0.29) is 6.04 Å². The highest BCUT2D eigenvalue weighted by Crippen LogP contribution is 2.44. The topological polar surface area (TPSA) is 55.6 Å². The van der Waals surface area contributed by atoms with Crippen molar-refractivity contribution in [2.45, 2.75) is 18.9 Å². The summed E-state index contributed by atoms with van der Waals surface area (Å²) in [7, 11) is 0. The number of hydrogen-bond donors (Lipinski definition) is 1. The lowest BCUT2D eigenvalue weighted by molar-refractivity contribution is 0.662. The van der Waals surface area contributed by atoms with Crippen LogP contribution in [-0.4, -0.2) is 10.4 Å². The average Bonchev–Trinajstić information content (AvgIpc) is 4.13. The van der Waals surface area contributed by atoms with Gasteiger partial charge in [0, 0.05) is 75.0 Å². The van der Waals surface area contributed by atoms with Gasteiger partial charge in [-0.3, -0.25) is 4.99 Å². The van der Waals surface area contributed by atoms with Crippen molar-refractivity contribution in [3.05, 3.63) is 217 Å². The number of fused-ring (bicyclic) bond motifs is 12. The van der Waals surface area contributed by atoms with Crippen LogP contribution in [0.1, 0.15) is 35.6 Å². The molecule has 13 aromatic rings. The molecule has 4 aromatic heterocycles. The van der Waals surface area contributed by atoms with E-state index in [9.17, 15) is 0 Å². The van der Waals surface area contributed by atoms with Crippen molar-refractivity contribution in [3.63, 3.8) is 0 Å². The van der Waals surface area contributed by atoms with E-state index >= 15 is 0 Å². The van der Waals surface area contributed by atoms with Gasteiger partial charge in [-0.2, -0.15) is 0 Å². The highest BCUT2D eigenvalue weighted by Gasteiger charge is 2.25. The molecule has 0 spiro atoms. The second-order valence-corrected chi connectivity index (χ2v) is 18.4. The van der Waals surface area contributed by atoms with Crippen LogP contribution in [0.3, 0.4) is 0 Å². The minimum absolute atomic E-state index is 0.130. The van der Waals surface area contributed by atoms with Gasteiger partial charge in [-0.25, -0.2) is 0 Å². The number of nitrogens with one attached hydrogen (secondary N) is 1. The lowest BCUT2D eigenvalue weighted by atomic mass is 9.94.